The molecule has 10 heteroatoms. The van der Waals surface area contributed by atoms with Crippen molar-refractivity contribution in [3.63, 3.8) is 0 Å². The first-order valence-electron chi connectivity index (χ1n) is 14.3. The van der Waals surface area contributed by atoms with Crippen molar-refractivity contribution in [2.45, 2.75) is 30.3 Å². The summed E-state index contributed by atoms with van der Waals surface area (Å²) < 4.78 is 31.0. The van der Waals surface area contributed by atoms with Gasteiger partial charge in [0.2, 0.25) is 0 Å². The third-order valence-electron chi connectivity index (χ3n) is 8.02. The molecule has 1 unspecified atom stereocenters. The molecule has 1 aliphatic heterocycles. The topological polar surface area (TPSA) is 75.3 Å². The molecule has 44 heavy (non-hydrogen) atoms. The fourth-order valence-electron chi connectivity index (χ4n) is 5.54. The molecule has 0 saturated heterocycles. The van der Waals surface area contributed by atoms with Crippen LogP contribution in [0.4, 0.5) is 8.78 Å². The van der Waals surface area contributed by atoms with Crippen LogP contribution in [0.5, 0.6) is 5.75 Å². The first-order valence-corrected chi connectivity index (χ1v) is 15.6. The lowest BCUT2D eigenvalue weighted by Crippen LogP contribution is -2.34. The van der Waals surface area contributed by atoms with Crippen LogP contribution in [0.1, 0.15) is 50.9 Å². The number of amides is 2. The van der Waals surface area contributed by atoms with Crippen LogP contribution in [-0.4, -0.2) is 45.6 Å². The molecule has 0 bridgehead atoms. The molecule has 1 aliphatic carbocycles. The van der Waals surface area contributed by atoms with Crippen molar-refractivity contribution in [3.05, 3.63) is 112 Å². The van der Waals surface area contributed by atoms with Crippen LogP contribution in [0.3, 0.4) is 0 Å². The van der Waals surface area contributed by atoms with Gasteiger partial charge in [-0.1, -0.05) is 54.1 Å². The number of alkyl halides is 2. The number of rotatable bonds is 10. The smallest absolute Gasteiger partial charge is 0.387 e. The highest BCUT2D eigenvalue weighted by atomic mass is 35.5. The Hall–Kier alpha value is -4.21. The molecule has 4 aromatic carbocycles. The number of aromatic nitrogens is 2. The minimum Gasteiger partial charge on any atom is -0.434 e. The molecule has 6 nitrogen and oxygen atoms in total. The normalized spacial score (nSPS) is 15.3. The number of imide groups is 1. The molecule has 1 saturated carbocycles. The van der Waals surface area contributed by atoms with E-state index in [0.717, 1.165) is 22.1 Å². The fourth-order valence-corrected chi connectivity index (χ4v) is 6.89. The van der Waals surface area contributed by atoms with Crippen molar-refractivity contribution >= 4 is 46.2 Å². The van der Waals surface area contributed by atoms with Crippen LogP contribution >= 0.6 is 23.4 Å². The van der Waals surface area contributed by atoms with Crippen LogP contribution in [0, 0.1) is 5.92 Å². The van der Waals surface area contributed by atoms with Gasteiger partial charge in [-0.15, -0.1) is 11.8 Å². The molecule has 5 aromatic rings. The maximum absolute atomic E-state index is 13.3. The summed E-state index contributed by atoms with van der Waals surface area (Å²) in [5.74, 6) is 1.28. The van der Waals surface area contributed by atoms with Crippen molar-refractivity contribution in [2.75, 3.05) is 12.3 Å². The van der Waals surface area contributed by atoms with E-state index < -0.39 is 12.5 Å². The molecular formula is C34H26ClF2N3O3S. The summed E-state index contributed by atoms with van der Waals surface area (Å²) in [6.45, 7) is -2.91. The lowest BCUT2D eigenvalue weighted by Gasteiger charge is -2.22. The van der Waals surface area contributed by atoms with Gasteiger partial charge in [-0.3, -0.25) is 14.5 Å². The zero-order valence-electron chi connectivity index (χ0n) is 23.3. The molecule has 7 rings (SSSR count). The lowest BCUT2D eigenvalue weighted by atomic mass is 9.97. The van der Waals surface area contributed by atoms with Crippen LogP contribution in [0.25, 0.3) is 22.2 Å². The Morgan fingerprint density at radius 2 is 1.57 bits per heavy atom. The van der Waals surface area contributed by atoms with Crippen molar-refractivity contribution in [3.8, 4) is 16.9 Å². The first-order chi connectivity index (χ1) is 21.4. The average molecular weight is 630 g/mol. The number of H-pyrrole nitrogens is 1. The highest BCUT2D eigenvalue weighted by Gasteiger charge is 2.37. The predicted molar refractivity (Wildman–Crippen MR) is 167 cm³/mol. The van der Waals surface area contributed by atoms with E-state index >= 15 is 0 Å². The molecule has 0 spiro atoms. The standard InChI is InChI=1S/C34H26ClF2N3O3S/c35-27-16-29-28(15-25(27)22-5-3-4-8-30(22)43-34(36)37)38-31(39-29)26(20-11-13-21(14-12-20)44-18-19-9-10-19)17-40-32(41)23-6-1-2-7-24(23)33(40)42/h1-8,11-16,19,26,34H,9-10,17-18H2,(H,38,39). The van der Waals surface area contributed by atoms with Gasteiger partial charge >= 0.3 is 6.61 Å². The number of nitrogens with zero attached hydrogens (tertiary/aromatic N) is 2. The highest BCUT2D eigenvalue weighted by molar-refractivity contribution is 7.99. The predicted octanol–water partition coefficient (Wildman–Crippen LogP) is 8.41. The zero-order valence-corrected chi connectivity index (χ0v) is 24.9. The van der Waals surface area contributed by atoms with E-state index in [9.17, 15) is 18.4 Å². The summed E-state index contributed by atoms with van der Waals surface area (Å²) >= 11 is 8.48. The van der Waals surface area contributed by atoms with Gasteiger partial charge in [-0.2, -0.15) is 8.78 Å². The third-order valence-corrected chi connectivity index (χ3v) is 9.58. The molecule has 1 N–H and O–H groups in total. The Morgan fingerprint density at radius 1 is 0.909 bits per heavy atom. The molecule has 1 aromatic heterocycles. The average Bonchev–Trinajstić information content (AvgIpc) is 3.72. The summed E-state index contributed by atoms with van der Waals surface area (Å²) in [5, 5.41) is 0.315. The molecule has 222 valence electrons. The van der Waals surface area contributed by atoms with Crippen molar-refractivity contribution < 1.29 is 23.1 Å². The Balaban J connectivity index is 1.26. The van der Waals surface area contributed by atoms with E-state index in [1.54, 1.807) is 54.6 Å². The number of hydrogen-bond acceptors (Lipinski definition) is 5. The maximum atomic E-state index is 13.3. The van der Waals surface area contributed by atoms with E-state index in [1.807, 2.05) is 23.9 Å². The Labute approximate surface area is 261 Å². The van der Waals surface area contributed by atoms with Crippen LogP contribution in [-0.2, 0) is 0 Å². The zero-order chi connectivity index (χ0) is 30.4. The summed E-state index contributed by atoms with van der Waals surface area (Å²) in [6.07, 6.45) is 2.58. The van der Waals surface area contributed by atoms with Crippen LogP contribution < -0.4 is 4.74 Å². The number of aromatic amines is 1. The molecule has 2 aliphatic rings. The Kier molecular flexibility index (Phi) is 7.60. The molecule has 1 atom stereocenters. The number of carbonyl (C=O) groups is 2. The van der Waals surface area contributed by atoms with E-state index in [-0.39, 0.29) is 24.1 Å². The second-order valence-corrected chi connectivity index (χ2v) is 12.5. The summed E-state index contributed by atoms with van der Waals surface area (Å²) in [5.41, 5.74) is 3.75. The van der Waals surface area contributed by atoms with Crippen LogP contribution in [0.2, 0.25) is 5.02 Å². The number of benzene rings is 4. The van der Waals surface area contributed by atoms with E-state index in [4.69, 9.17) is 21.3 Å². The van der Waals surface area contributed by atoms with Crippen molar-refractivity contribution in [2.24, 2.45) is 5.92 Å². The van der Waals surface area contributed by atoms with Gasteiger partial charge in [-0.05, 0) is 66.8 Å². The number of imidazole rings is 1. The second-order valence-electron chi connectivity index (χ2n) is 11.0. The quantitative estimate of drug-likeness (QED) is 0.124. The number of nitrogens with one attached hydrogen (secondary N) is 1. The van der Waals surface area contributed by atoms with Crippen molar-refractivity contribution in [1.29, 1.82) is 0 Å². The number of thioether (sulfide) groups is 1. The number of hydrogen-bond donors (Lipinski definition) is 1. The summed E-state index contributed by atoms with van der Waals surface area (Å²) in [6, 6.07) is 24.9. The number of ether oxygens (including phenoxy) is 1. The van der Waals surface area contributed by atoms with Gasteiger partial charge in [0, 0.05) is 28.3 Å². The van der Waals surface area contributed by atoms with Crippen molar-refractivity contribution in [1.82, 2.24) is 14.9 Å². The van der Waals surface area contributed by atoms with E-state index in [2.05, 4.69) is 17.1 Å². The van der Waals surface area contributed by atoms with E-state index in [0.29, 0.717) is 44.1 Å². The van der Waals surface area contributed by atoms with Gasteiger partial charge < -0.3 is 9.72 Å². The molecule has 1 fully saturated rings. The highest BCUT2D eigenvalue weighted by Crippen LogP contribution is 2.39. The minimum atomic E-state index is -2.99. The van der Waals surface area contributed by atoms with E-state index in [1.165, 1.54) is 23.8 Å². The van der Waals surface area contributed by atoms with Gasteiger partial charge in [-0.25, -0.2) is 4.98 Å². The minimum absolute atomic E-state index is 0.00614. The number of fused-ring (bicyclic) bond motifs is 2. The van der Waals surface area contributed by atoms with Gasteiger partial charge in [0.1, 0.15) is 11.6 Å². The Bertz CT molecular complexity index is 1860. The third kappa shape index (κ3) is 5.57. The number of para-hydroxylation sites is 1. The molecular weight excluding hydrogens is 604 g/mol. The molecule has 2 heterocycles. The molecule has 2 amide bonds. The monoisotopic (exact) mass is 629 g/mol. The summed E-state index contributed by atoms with van der Waals surface area (Å²) in [4.78, 5) is 37.3. The van der Waals surface area contributed by atoms with Gasteiger partial charge in [0.25, 0.3) is 11.8 Å². The fraction of sp³-hybridized carbons (Fsp3) is 0.206. The Morgan fingerprint density at radius 3 is 2.23 bits per heavy atom. The first kappa shape index (κ1) is 28.6. The SMILES string of the molecule is O=C1c2ccccc2C(=O)N1CC(c1ccc(SCC2CC2)cc1)c1nc2cc(Cl)c(-c3ccccc3OC(F)F)cc2[nH]1. The second kappa shape index (κ2) is 11.7. The largest absolute Gasteiger partial charge is 0.434 e. The van der Waals surface area contributed by atoms with Gasteiger partial charge in [0.15, 0.2) is 0 Å². The number of carbonyl (C=O) groups excluding carboxylic acids is 2. The summed E-state index contributed by atoms with van der Waals surface area (Å²) in [7, 11) is 0. The van der Waals surface area contributed by atoms with Gasteiger partial charge in [0.05, 0.1) is 33.1 Å². The van der Waals surface area contributed by atoms with Crippen LogP contribution in [0.15, 0.2) is 89.8 Å². The lowest BCUT2D eigenvalue weighted by molar-refractivity contribution is -0.0494. The molecule has 0 radical (unpaired) electrons. The maximum Gasteiger partial charge on any atom is 0.387 e. The number of halogens is 3.